The van der Waals surface area contributed by atoms with E-state index in [2.05, 4.69) is 13.8 Å². The van der Waals surface area contributed by atoms with E-state index in [1.165, 1.54) is 0 Å². The van der Waals surface area contributed by atoms with Crippen LogP contribution in [0.3, 0.4) is 0 Å². The van der Waals surface area contributed by atoms with E-state index in [4.69, 9.17) is 14.5 Å². The lowest BCUT2D eigenvalue weighted by Crippen LogP contribution is -2.35. The van der Waals surface area contributed by atoms with Crippen molar-refractivity contribution in [2.24, 2.45) is 0 Å². The maximum atomic E-state index is 13.0. The summed E-state index contributed by atoms with van der Waals surface area (Å²) in [5.41, 5.74) is 1.81. The van der Waals surface area contributed by atoms with Crippen molar-refractivity contribution in [3.8, 4) is 11.5 Å². The molecule has 0 aliphatic rings. The smallest absolute Gasteiger partial charge is 0.242 e. The average molecular weight is 396 g/mol. The lowest BCUT2D eigenvalue weighted by molar-refractivity contribution is -0.131. The van der Waals surface area contributed by atoms with Crippen molar-refractivity contribution in [2.45, 2.75) is 39.8 Å². The van der Waals surface area contributed by atoms with Gasteiger partial charge in [0.1, 0.15) is 30.5 Å². The van der Waals surface area contributed by atoms with E-state index in [1.54, 1.807) is 7.11 Å². The molecule has 0 atom stereocenters. The lowest BCUT2D eigenvalue weighted by atomic mass is 10.3. The largest absolute Gasteiger partial charge is 0.497 e. The van der Waals surface area contributed by atoms with Gasteiger partial charge < -0.3 is 18.9 Å². The van der Waals surface area contributed by atoms with E-state index in [1.807, 2.05) is 58.0 Å². The first-order chi connectivity index (χ1) is 14.2. The van der Waals surface area contributed by atoms with Crippen LogP contribution in [0.25, 0.3) is 11.0 Å². The molecule has 0 unspecified atom stereocenters. The summed E-state index contributed by atoms with van der Waals surface area (Å²) in [5.74, 6) is 2.28. The summed E-state index contributed by atoms with van der Waals surface area (Å²) in [6.07, 6.45) is 1.89. The summed E-state index contributed by atoms with van der Waals surface area (Å²) < 4.78 is 13.2. The molecule has 0 N–H and O–H groups in total. The molecule has 3 rings (SSSR count). The van der Waals surface area contributed by atoms with Crippen LogP contribution in [0.5, 0.6) is 11.5 Å². The third-order valence-electron chi connectivity index (χ3n) is 4.78. The predicted molar refractivity (Wildman–Crippen MR) is 114 cm³/mol. The standard InChI is InChI=1S/C23H29N3O3/c1-4-13-25(14-5-2)23(27)16-26-21-12-7-6-11-20(21)24-22(26)17-29-19-10-8-9-18(15-19)28-3/h6-12,15H,4-5,13-14,16-17H2,1-3H3. The third kappa shape index (κ3) is 5.08. The van der Waals surface area contributed by atoms with Gasteiger partial charge in [-0.25, -0.2) is 4.98 Å². The van der Waals surface area contributed by atoms with Gasteiger partial charge in [0.15, 0.2) is 0 Å². The number of hydrogen-bond acceptors (Lipinski definition) is 4. The van der Waals surface area contributed by atoms with Crippen molar-refractivity contribution in [3.63, 3.8) is 0 Å². The number of amides is 1. The predicted octanol–water partition coefficient (Wildman–Crippen LogP) is 4.27. The monoisotopic (exact) mass is 395 g/mol. The van der Waals surface area contributed by atoms with Crippen molar-refractivity contribution in [3.05, 3.63) is 54.4 Å². The molecule has 0 bridgehead atoms. The molecule has 0 saturated carbocycles. The number of carbonyl (C=O) groups is 1. The fourth-order valence-electron chi connectivity index (χ4n) is 3.39. The summed E-state index contributed by atoms with van der Waals surface area (Å²) in [4.78, 5) is 19.6. The van der Waals surface area contributed by atoms with Crippen molar-refractivity contribution in [1.82, 2.24) is 14.5 Å². The minimum absolute atomic E-state index is 0.111. The highest BCUT2D eigenvalue weighted by Gasteiger charge is 2.18. The van der Waals surface area contributed by atoms with Gasteiger partial charge in [-0.15, -0.1) is 0 Å². The molecule has 2 aromatic carbocycles. The van der Waals surface area contributed by atoms with Crippen LogP contribution in [0.2, 0.25) is 0 Å². The highest BCUT2D eigenvalue weighted by molar-refractivity contribution is 5.81. The molecule has 1 aromatic heterocycles. The molecule has 0 aliphatic heterocycles. The number of para-hydroxylation sites is 2. The Morgan fingerprint density at radius 3 is 2.48 bits per heavy atom. The van der Waals surface area contributed by atoms with Crippen LogP contribution in [0, 0.1) is 0 Å². The Hall–Kier alpha value is -3.02. The van der Waals surface area contributed by atoms with Crippen molar-refractivity contribution in [1.29, 1.82) is 0 Å². The number of fused-ring (bicyclic) bond motifs is 1. The average Bonchev–Trinajstić information content (AvgIpc) is 3.09. The molecule has 29 heavy (non-hydrogen) atoms. The Balaban J connectivity index is 1.84. The van der Waals surface area contributed by atoms with E-state index in [0.29, 0.717) is 5.75 Å². The minimum atomic E-state index is 0.111. The van der Waals surface area contributed by atoms with Gasteiger partial charge >= 0.3 is 0 Å². The summed E-state index contributed by atoms with van der Waals surface area (Å²) in [5, 5.41) is 0. The first-order valence-electron chi connectivity index (χ1n) is 10.1. The number of nitrogens with zero attached hydrogens (tertiary/aromatic N) is 3. The van der Waals surface area contributed by atoms with E-state index >= 15 is 0 Å². The van der Waals surface area contributed by atoms with Gasteiger partial charge in [-0.1, -0.05) is 32.0 Å². The fourth-order valence-corrected chi connectivity index (χ4v) is 3.39. The zero-order valence-corrected chi connectivity index (χ0v) is 17.4. The number of imidazole rings is 1. The number of carbonyl (C=O) groups excluding carboxylic acids is 1. The third-order valence-corrected chi connectivity index (χ3v) is 4.78. The van der Waals surface area contributed by atoms with Gasteiger partial charge in [0.05, 0.1) is 18.1 Å². The Kier molecular flexibility index (Phi) is 7.11. The Morgan fingerprint density at radius 1 is 1.03 bits per heavy atom. The molecule has 1 heterocycles. The van der Waals surface area contributed by atoms with Gasteiger partial charge in [-0.3, -0.25) is 4.79 Å². The SMILES string of the molecule is CCCN(CCC)C(=O)Cn1c(COc2cccc(OC)c2)nc2ccccc21. The number of ether oxygens (including phenoxy) is 2. The molecule has 3 aromatic rings. The number of rotatable bonds is 10. The normalized spacial score (nSPS) is 10.9. The second kappa shape index (κ2) is 9.96. The number of aromatic nitrogens is 2. The minimum Gasteiger partial charge on any atom is -0.497 e. The van der Waals surface area contributed by atoms with Crippen molar-refractivity contribution in [2.75, 3.05) is 20.2 Å². The van der Waals surface area contributed by atoms with Gasteiger partial charge in [-0.05, 0) is 37.1 Å². The van der Waals surface area contributed by atoms with Crippen molar-refractivity contribution >= 4 is 16.9 Å². The quantitative estimate of drug-likeness (QED) is 0.514. The molecular weight excluding hydrogens is 366 g/mol. The maximum absolute atomic E-state index is 13.0. The zero-order chi connectivity index (χ0) is 20.6. The highest BCUT2D eigenvalue weighted by atomic mass is 16.5. The van der Waals surface area contributed by atoms with Crippen LogP contribution in [0.1, 0.15) is 32.5 Å². The first kappa shape index (κ1) is 20.7. The van der Waals surface area contributed by atoms with E-state index in [9.17, 15) is 4.79 Å². The van der Waals surface area contributed by atoms with Crippen LogP contribution >= 0.6 is 0 Å². The second-order valence-corrected chi connectivity index (χ2v) is 6.95. The molecule has 0 spiro atoms. The molecule has 6 nitrogen and oxygen atoms in total. The summed E-state index contributed by atoms with van der Waals surface area (Å²) >= 11 is 0. The molecule has 1 amide bonds. The van der Waals surface area contributed by atoms with Gasteiger partial charge in [0, 0.05) is 19.2 Å². The van der Waals surface area contributed by atoms with E-state index in [-0.39, 0.29) is 19.1 Å². The molecule has 6 heteroatoms. The fraction of sp³-hybridized carbons (Fsp3) is 0.391. The molecule has 0 saturated heterocycles. The second-order valence-electron chi connectivity index (χ2n) is 6.95. The molecule has 0 fully saturated rings. The van der Waals surface area contributed by atoms with Gasteiger partial charge in [0.25, 0.3) is 0 Å². The summed E-state index contributed by atoms with van der Waals surface area (Å²) in [6, 6.07) is 15.3. The Bertz CT molecular complexity index is 945. The maximum Gasteiger partial charge on any atom is 0.242 e. The zero-order valence-electron chi connectivity index (χ0n) is 17.4. The van der Waals surface area contributed by atoms with Crippen LogP contribution < -0.4 is 9.47 Å². The topological polar surface area (TPSA) is 56.6 Å². The van der Waals surface area contributed by atoms with Crippen molar-refractivity contribution < 1.29 is 14.3 Å². The number of hydrogen-bond donors (Lipinski definition) is 0. The Morgan fingerprint density at radius 2 is 1.76 bits per heavy atom. The van der Waals surface area contributed by atoms with Crippen LogP contribution in [0.15, 0.2) is 48.5 Å². The number of methoxy groups -OCH3 is 1. The van der Waals surface area contributed by atoms with Gasteiger partial charge in [-0.2, -0.15) is 0 Å². The van der Waals surface area contributed by atoms with Crippen LogP contribution in [-0.4, -0.2) is 40.6 Å². The summed E-state index contributed by atoms with van der Waals surface area (Å²) in [7, 11) is 1.63. The lowest BCUT2D eigenvalue weighted by Gasteiger charge is -2.22. The summed E-state index contributed by atoms with van der Waals surface area (Å²) in [6.45, 7) is 6.27. The Labute approximate surface area is 172 Å². The van der Waals surface area contributed by atoms with E-state index in [0.717, 1.165) is 48.5 Å². The molecular formula is C23H29N3O3. The molecule has 0 radical (unpaired) electrons. The van der Waals surface area contributed by atoms with Crippen LogP contribution in [-0.2, 0) is 17.9 Å². The first-order valence-corrected chi connectivity index (χ1v) is 10.1. The highest BCUT2D eigenvalue weighted by Crippen LogP contribution is 2.22. The molecule has 0 aliphatic carbocycles. The van der Waals surface area contributed by atoms with Gasteiger partial charge in [0.2, 0.25) is 5.91 Å². The van der Waals surface area contributed by atoms with Crippen LogP contribution in [0.4, 0.5) is 0 Å². The number of benzene rings is 2. The molecule has 154 valence electrons. The van der Waals surface area contributed by atoms with E-state index < -0.39 is 0 Å².